The summed E-state index contributed by atoms with van der Waals surface area (Å²) in [6.45, 7) is 14.3. The molecule has 3 aromatic rings. The fraction of sp³-hybridized carbons (Fsp3) is 0.486. The van der Waals surface area contributed by atoms with Crippen molar-refractivity contribution in [2.75, 3.05) is 56.8 Å². The van der Waals surface area contributed by atoms with Gasteiger partial charge in [0.1, 0.15) is 5.82 Å². The highest BCUT2D eigenvalue weighted by Crippen LogP contribution is 2.47. The SMILES string of the molecule is Cc1cc(C(F)(F)F)cc(C(C)(C)C(=O)N(C)c2cnc(N3CC[N+](C)(COP(=O)(O)OC(C)(C)C)CC3)cc2-c2ccccc2C)c1. The molecule has 1 aromatic heterocycles. The number of aryl methyl sites for hydroxylation is 2. The molecule has 1 amide bonds. The standard InChI is InChI=1S/C35H46F3N4O5P/c1-24-18-26(20-27(19-24)35(36,37)38)34(6,7)32(43)40(8)30-22-39-31(21-29(30)28-13-11-10-12-25(28)2)41-14-16-42(9,17-15-41)23-46-48(44,45)47-33(3,4)5/h10-13,18-22H,14-17,23H2,1-9H3/p+1. The quantitative estimate of drug-likeness (QED) is 0.184. The van der Waals surface area contributed by atoms with Crippen molar-refractivity contribution in [1.29, 1.82) is 0 Å². The van der Waals surface area contributed by atoms with Gasteiger partial charge in [0.15, 0.2) is 6.73 Å². The van der Waals surface area contributed by atoms with Crippen LogP contribution in [0.3, 0.4) is 0 Å². The second kappa shape index (κ2) is 13.6. The van der Waals surface area contributed by atoms with E-state index in [0.717, 1.165) is 28.8 Å². The van der Waals surface area contributed by atoms with Crippen LogP contribution in [0, 0.1) is 13.8 Å². The molecular formula is C35H47F3N4O5P+. The molecule has 1 aliphatic heterocycles. The number of hydrogen-bond acceptors (Lipinski definition) is 6. The summed E-state index contributed by atoms with van der Waals surface area (Å²) in [5.74, 6) is 0.315. The minimum Gasteiger partial charge on any atom is -0.345 e. The molecule has 1 fully saturated rings. The first kappa shape index (κ1) is 37.5. The van der Waals surface area contributed by atoms with Gasteiger partial charge >= 0.3 is 14.0 Å². The number of likely N-dealkylation sites (N-methyl/N-ethyl adjacent to an activating group) is 2. The maximum Gasteiger partial charge on any atom is 0.477 e. The van der Waals surface area contributed by atoms with E-state index in [1.807, 2.05) is 44.3 Å². The largest absolute Gasteiger partial charge is 0.477 e. The molecular weight excluding hydrogens is 644 g/mol. The number of carbonyl (C=O) groups excluding carboxylic acids is 1. The second-order valence-corrected chi connectivity index (χ2v) is 15.8. The van der Waals surface area contributed by atoms with E-state index in [0.29, 0.717) is 47.7 Å². The first-order chi connectivity index (χ1) is 22.0. The average Bonchev–Trinajstić information content (AvgIpc) is 2.98. The van der Waals surface area contributed by atoms with Crippen LogP contribution in [0.25, 0.3) is 11.1 Å². The Balaban J connectivity index is 1.62. The summed E-state index contributed by atoms with van der Waals surface area (Å²) >= 11 is 0. The van der Waals surface area contributed by atoms with Gasteiger partial charge in [-0.15, -0.1) is 0 Å². The third-order valence-electron chi connectivity index (χ3n) is 8.70. The van der Waals surface area contributed by atoms with Gasteiger partial charge in [0.05, 0.1) is 61.7 Å². The number of rotatable bonds is 9. The van der Waals surface area contributed by atoms with Gasteiger partial charge in [-0.3, -0.25) is 9.32 Å². The number of alkyl halides is 3. The van der Waals surface area contributed by atoms with Crippen LogP contribution in [-0.2, 0) is 30.0 Å². The van der Waals surface area contributed by atoms with E-state index < -0.39 is 30.6 Å². The predicted molar refractivity (Wildman–Crippen MR) is 182 cm³/mol. The fourth-order valence-corrected chi connectivity index (χ4v) is 6.99. The highest BCUT2D eigenvalue weighted by molar-refractivity contribution is 7.47. The molecule has 1 aliphatic rings. The lowest BCUT2D eigenvalue weighted by atomic mass is 9.81. The van der Waals surface area contributed by atoms with Crippen molar-refractivity contribution in [3.05, 3.63) is 77.0 Å². The smallest absolute Gasteiger partial charge is 0.345 e. The topological polar surface area (TPSA) is 92.2 Å². The third kappa shape index (κ3) is 8.84. The van der Waals surface area contributed by atoms with Crippen LogP contribution in [0.2, 0.25) is 0 Å². The Morgan fingerprint density at radius 2 is 1.60 bits per heavy atom. The highest BCUT2D eigenvalue weighted by atomic mass is 31.2. The van der Waals surface area contributed by atoms with E-state index in [9.17, 15) is 27.4 Å². The molecule has 1 saturated heterocycles. The molecule has 0 aliphatic carbocycles. The van der Waals surface area contributed by atoms with E-state index in [2.05, 4.69) is 4.90 Å². The zero-order chi connectivity index (χ0) is 35.9. The first-order valence-corrected chi connectivity index (χ1v) is 17.3. The number of quaternary nitrogens is 1. The van der Waals surface area contributed by atoms with Crippen LogP contribution in [0.5, 0.6) is 0 Å². The van der Waals surface area contributed by atoms with Crippen LogP contribution < -0.4 is 9.80 Å². The molecule has 1 unspecified atom stereocenters. The molecule has 1 N–H and O–H groups in total. The molecule has 2 heterocycles. The Hall–Kier alpha value is -3.28. The Labute approximate surface area is 281 Å². The number of amides is 1. The number of phosphoric acid groups is 1. The molecule has 9 nitrogen and oxygen atoms in total. The van der Waals surface area contributed by atoms with Gasteiger partial charge in [0, 0.05) is 12.6 Å². The van der Waals surface area contributed by atoms with Crippen molar-refractivity contribution < 1.29 is 41.0 Å². The Morgan fingerprint density at radius 1 is 1.00 bits per heavy atom. The number of carbonyl (C=O) groups is 1. The number of hydrogen-bond donors (Lipinski definition) is 1. The summed E-state index contributed by atoms with van der Waals surface area (Å²) < 4.78 is 64.5. The molecule has 2 aromatic carbocycles. The van der Waals surface area contributed by atoms with Gasteiger partial charge in [0.25, 0.3) is 0 Å². The molecule has 0 radical (unpaired) electrons. The molecule has 0 saturated carbocycles. The average molecular weight is 692 g/mol. The second-order valence-electron chi connectivity index (χ2n) is 14.4. The van der Waals surface area contributed by atoms with Gasteiger partial charge in [-0.2, -0.15) is 13.2 Å². The van der Waals surface area contributed by atoms with Crippen LogP contribution in [0.1, 0.15) is 56.9 Å². The Kier molecular flexibility index (Phi) is 10.6. The maximum atomic E-state index is 14.1. The van der Waals surface area contributed by atoms with E-state index in [-0.39, 0.29) is 18.2 Å². The number of halogens is 3. The van der Waals surface area contributed by atoms with Crippen LogP contribution in [0.15, 0.2) is 54.7 Å². The predicted octanol–water partition coefficient (Wildman–Crippen LogP) is 7.48. The summed E-state index contributed by atoms with van der Waals surface area (Å²) in [5, 5.41) is 0. The zero-order valence-corrected chi connectivity index (χ0v) is 30.1. The third-order valence-corrected chi connectivity index (χ3v) is 9.92. The molecule has 262 valence electrons. The monoisotopic (exact) mass is 691 g/mol. The lowest BCUT2D eigenvalue weighted by Gasteiger charge is -2.42. The van der Waals surface area contributed by atoms with Gasteiger partial charge in [-0.1, -0.05) is 35.9 Å². The van der Waals surface area contributed by atoms with Crippen molar-refractivity contribution >= 4 is 25.2 Å². The lowest BCUT2D eigenvalue weighted by molar-refractivity contribution is -0.925. The molecule has 13 heteroatoms. The van der Waals surface area contributed by atoms with E-state index >= 15 is 0 Å². The van der Waals surface area contributed by atoms with Crippen molar-refractivity contribution in [3.8, 4) is 11.1 Å². The molecule has 0 spiro atoms. The van der Waals surface area contributed by atoms with E-state index in [1.165, 1.54) is 4.90 Å². The van der Waals surface area contributed by atoms with Crippen molar-refractivity contribution in [3.63, 3.8) is 0 Å². The van der Waals surface area contributed by atoms with Crippen LogP contribution >= 0.6 is 7.82 Å². The number of pyridine rings is 1. The highest BCUT2D eigenvalue weighted by Gasteiger charge is 2.39. The maximum absolute atomic E-state index is 14.1. The Morgan fingerprint density at radius 3 is 2.19 bits per heavy atom. The number of benzene rings is 2. The molecule has 48 heavy (non-hydrogen) atoms. The van der Waals surface area contributed by atoms with Crippen molar-refractivity contribution in [1.82, 2.24) is 4.98 Å². The summed E-state index contributed by atoms with van der Waals surface area (Å²) in [6.07, 6.45) is -2.90. The number of anilines is 2. The van der Waals surface area contributed by atoms with Crippen LogP contribution in [-0.4, -0.2) is 72.9 Å². The number of phosphoric ester groups is 1. The molecule has 1 atom stereocenters. The van der Waals surface area contributed by atoms with Crippen molar-refractivity contribution in [2.24, 2.45) is 0 Å². The minimum absolute atomic E-state index is 0.00657. The van der Waals surface area contributed by atoms with Gasteiger partial charge in [-0.25, -0.2) is 14.1 Å². The lowest BCUT2D eigenvalue weighted by Crippen LogP contribution is -2.58. The van der Waals surface area contributed by atoms with E-state index in [1.54, 1.807) is 60.9 Å². The summed E-state index contributed by atoms with van der Waals surface area (Å²) in [6, 6.07) is 13.5. The summed E-state index contributed by atoms with van der Waals surface area (Å²) in [7, 11) is -0.656. The molecule has 4 rings (SSSR count). The fourth-order valence-electron chi connectivity index (χ4n) is 5.82. The van der Waals surface area contributed by atoms with Gasteiger partial charge in [0.2, 0.25) is 5.91 Å². The summed E-state index contributed by atoms with van der Waals surface area (Å²) in [5.41, 5.74) is 0.948. The first-order valence-electron chi connectivity index (χ1n) is 15.8. The number of piperazine rings is 1. The van der Waals surface area contributed by atoms with Crippen LogP contribution in [0.4, 0.5) is 24.7 Å². The summed E-state index contributed by atoms with van der Waals surface area (Å²) in [4.78, 5) is 32.6. The normalized spacial score (nSPS) is 16.8. The molecule has 0 bridgehead atoms. The zero-order valence-electron chi connectivity index (χ0n) is 29.2. The number of nitrogens with zero attached hydrogens (tertiary/aromatic N) is 4. The number of aromatic nitrogens is 1. The minimum atomic E-state index is -4.54. The van der Waals surface area contributed by atoms with E-state index in [4.69, 9.17) is 14.0 Å². The van der Waals surface area contributed by atoms with Crippen molar-refractivity contribution in [2.45, 2.75) is 65.7 Å². The van der Waals surface area contributed by atoms with Gasteiger partial charge in [-0.05, 0) is 83.4 Å². The Bertz CT molecular complexity index is 1700. The van der Waals surface area contributed by atoms with Gasteiger partial charge < -0.3 is 19.2 Å².